The molecule has 2 nitrogen and oxygen atoms in total. The Bertz CT molecular complexity index is 159. The van der Waals surface area contributed by atoms with Crippen molar-refractivity contribution in [2.24, 2.45) is 4.99 Å². The molecule has 0 radical (unpaired) electrons. The molecule has 0 bridgehead atoms. The first-order valence-corrected chi connectivity index (χ1v) is 4.18. The van der Waals surface area contributed by atoms with Crippen LogP contribution in [-0.2, 0) is 4.74 Å². The zero-order chi connectivity index (χ0) is 9.23. The Balaban J connectivity index is 3.24. The molecule has 0 N–H and O–H groups in total. The van der Waals surface area contributed by atoms with E-state index in [0.29, 0.717) is 6.10 Å². The average Bonchev–Trinajstić information content (AvgIpc) is 2.02. The molecule has 0 aliphatic carbocycles. The quantitative estimate of drug-likeness (QED) is 0.440. The van der Waals surface area contributed by atoms with Crippen LogP contribution in [0.15, 0.2) is 29.9 Å². The predicted molar refractivity (Wildman–Crippen MR) is 53.5 cm³/mol. The molecule has 0 aromatic heterocycles. The average molecular weight is 167 g/mol. The monoisotopic (exact) mass is 167 g/mol. The van der Waals surface area contributed by atoms with Gasteiger partial charge in [0.05, 0.1) is 12.7 Å². The fourth-order valence-corrected chi connectivity index (χ4v) is 0.618. The van der Waals surface area contributed by atoms with Crippen LogP contribution in [0, 0.1) is 0 Å². The van der Waals surface area contributed by atoms with Gasteiger partial charge in [0.15, 0.2) is 0 Å². The van der Waals surface area contributed by atoms with E-state index >= 15 is 0 Å². The summed E-state index contributed by atoms with van der Waals surface area (Å²) in [4.78, 5) is 3.93. The van der Waals surface area contributed by atoms with Crippen LogP contribution in [0.2, 0.25) is 0 Å². The Morgan fingerprint density at radius 3 is 2.83 bits per heavy atom. The lowest BCUT2D eigenvalue weighted by molar-refractivity contribution is 0.0826. The fraction of sp³-hybridized carbons (Fsp3) is 0.500. The van der Waals surface area contributed by atoms with E-state index in [9.17, 15) is 0 Å². The summed E-state index contributed by atoms with van der Waals surface area (Å²) in [6.45, 7) is 8.33. The molecule has 0 atom stereocenters. The highest BCUT2D eigenvalue weighted by Crippen LogP contribution is 1.91. The molecule has 0 fully saturated rings. The Morgan fingerprint density at radius 2 is 2.25 bits per heavy atom. The maximum atomic E-state index is 5.33. The van der Waals surface area contributed by atoms with Gasteiger partial charge in [-0.05, 0) is 20.3 Å². The zero-order valence-corrected chi connectivity index (χ0v) is 7.86. The summed E-state index contributed by atoms with van der Waals surface area (Å²) in [5.41, 5.74) is 0. The second-order valence-electron chi connectivity index (χ2n) is 2.63. The SMILES string of the molecule is C=C/C=N\C=C/CCOC(C)C. The Labute approximate surface area is 74.7 Å². The standard InChI is InChI=1S/C10H17NO/c1-4-7-11-8-5-6-9-12-10(2)3/h4-5,7-8,10H,1,6,9H2,2-3H3/b8-5-,11-7-. The normalized spacial score (nSPS) is 11.9. The van der Waals surface area contributed by atoms with Gasteiger partial charge in [-0.2, -0.15) is 0 Å². The molecule has 0 aromatic rings. The number of hydrogen-bond acceptors (Lipinski definition) is 2. The lowest BCUT2D eigenvalue weighted by atomic mass is 10.4. The molecule has 0 unspecified atom stereocenters. The van der Waals surface area contributed by atoms with Crippen molar-refractivity contribution in [1.82, 2.24) is 0 Å². The van der Waals surface area contributed by atoms with E-state index in [1.807, 2.05) is 19.9 Å². The van der Waals surface area contributed by atoms with Crippen molar-refractivity contribution in [2.45, 2.75) is 26.4 Å². The summed E-state index contributed by atoms with van der Waals surface area (Å²) in [7, 11) is 0. The summed E-state index contributed by atoms with van der Waals surface area (Å²) in [5, 5.41) is 0. The van der Waals surface area contributed by atoms with Crippen molar-refractivity contribution in [1.29, 1.82) is 0 Å². The fourth-order valence-electron chi connectivity index (χ4n) is 0.618. The van der Waals surface area contributed by atoms with Crippen LogP contribution in [0.5, 0.6) is 0 Å². The van der Waals surface area contributed by atoms with E-state index in [-0.39, 0.29) is 0 Å². The van der Waals surface area contributed by atoms with E-state index < -0.39 is 0 Å². The maximum absolute atomic E-state index is 5.33. The molecule has 0 aromatic carbocycles. The molecule has 68 valence electrons. The number of rotatable bonds is 6. The van der Waals surface area contributed by atoms with Gasteiger partial charge in [-0.15, -0.1) is 0 Å². The van der Waals surface area contributed by atoms with Crippen LogP contribution >= 0.6 is 0 Å². The predicted octanol–water partition coefficient (Wildman–Crippen LogP) is 2.57. The van der Waals surface area contributed by atoms with Crippen LogP contribution < -0.4 is 0 Å². The van der Waals surface area contributed by atoms with Crippen LogP contribution in [0.25, 0.3) is 0 Å². The van der Waals surface area contributed by atoms with Crippen molar-refractivity contribution in [3.8, 4) is 0 Å². The molecule has 0 amide bonds. The van der Waals surface area contributed by atoms with Crippen molar-refractivity contribution in [2.75, 3.05) is 6.61 Å². The van der Waals surface area contributed by atoms with Gasteiger partial charge in [-0.3, -0.25) is 4.99 Å². The largest absolute Gasteiger partial charge is 0.378 e. The molecule has 0 saturated carbocycles. The first-order chi connectivity index (χ1) is 5.77. The highest BCUT2D eigenvalue weighted by molar-refractivity contribution is 5.70. The minimum Gasteiger partial charge on any atom is -0.378 e. The van der Waals surface area contributed by atoms with Gasteiger partial charge in [0.25, 0.3) is 0 Å². The third-order valence-electron chi connectivity index (χ3n) is 1.12. The van der Waals surface area contributed by atoms with Crippen LogP contribution in [0.4, 0.5) is 0 Å². The molecule has 0 aliphatic heterocycles. The topological polar surface area (TPSA) is 21.6 Å². The Kier molecular flexibility index (Phi) is 7.60. The first kappa shape index (κ1) is 11.1. The third-order valence-corrected chi connectivity index (χ3v) is 1.12. The summed E-state index contributed by atoms with van der Waals surface area (Å²) < 4.78 is 5.33. The smallest absolute Gasteiger partial charge is 0.0519 e. The van der Waals surface area contributed by atoms with Gasteiger partial charge in [-0.25, -0.2) is 0 Å². The molecular formula is C10H17NO. The molecule has 12 heavy (non-hydrogen) atoms. The second-order valence-corrected chi connectivity index (χ2v) is 2.63. The van der Waals surface area contributed by atoms with Gasteiger partial charge in [-0.1, -0.05) is 18.7 Å². The maximum Gasteiger partial charge on any atom is 0.0519 e. The zero-order valence-electron chi connectivity index (χ0n) is 7.86. The lowest BCUT2D eigenvalue weighted by Crippen LogP contribution is -2.02. The summed E-state index contributed by atoms with van der Waals surface area (Å²) in [6.07, 6.45) is 8.25. The minimum atomic E-state index is 0.315. The van der Waals surface area contributed by atoms with Crippen LogP contribution in [0.3, 0.4) is 0 Å². The van der Waals surface area contributed by atoms with Crippen LogP contribution in [-0.4, -0.2) is 18.9 Å². The van der Waals surface area contributed by atoms with E-state index in [2.05, 4.69) is 11.6 Å². The van der Waals surface area contributed by atoms with Crippen molar-refractivity contribution < 1.29 is 4.74 Å². The molecule has 0 heterocycles. The second kappa shape index (κ2) is 8.21. The van der Waals surface area contributed by atoms with E-state index in [1.165, 1.54) is 0 Å². The third kappa shape index (κ3) is 9.11. The number of ether oxygens (including phenoxy) is 1. The Morgan fingerprint density at radius 1 is 1.50 bits per heavy atom. The number of nitrogens with zero attached hydrogens (tertiary/aromatic N) is 1. The minimum absolute atomic E-state index is 0.315. The van der Waals surface area contributed by atoms with E-state index in [4.69, 9.17) is 4.74 Å². The molecule has 0 rings (SSSR count). The highest BCUT2D eigenvalue weighted by atomic mass is 16.5. The summed E-state index contributed by atoms with van der Waals surface area (Å²) >= 11 is 0. The molecule has 0 spiro atoms. The number of hydrogen-bond donors (Lipinski definition) is 0. The van der Waals surface area contributed by atoms with Crippen molar-refractivity contribution in [3.05, 3.63) is 24.9 Å². The molecule has 0 aliphatic rings. The van der Waals surface area contributed by atoms with Gasteiger partial charge in [0, 0.05) is 12.4 Å². The van der Waals surface area contributed by atoms with E-state index in [0.717, 1.165) is 13.0 Å². The van der Waals surface area contributed by atoms with Gasteiger partial charge in [0.2, 0.25) is 0 Å². The summed E-state index contributed by atoms with van der Waals surface area (Å²) in [5.74, 6) is 0. The molecule has 0 saturated heterocycles. The van der Waals surface area contributed by atoms with Crippen LogP contribution in [0.1, 0.15) is 20.3 Å². The lowest BCUT2D eigenvalue weighted by Gasteiger charge is -2.03. The van der Waals surface area contributed by atoms with Gasteiger partial charge in [0.1, 0.15) is 0 Å². The van der Waals surface area contributed by atoms with Gasteiger partial charge < -0.3 is 4.74 Å². The van der Waals surface area contributed by atoms with Crippen molar-refractivity contribution in [3.63, 3.8) is 0 Å². The van der Waals surface area contributed by atoms with Crippen molar-refractivity contribution >= 4 is 6.21 Å². The number of aliphatic imine (C=N–C) groups is 1. The molecule has 2 heteroatoms. The molecular weight excluding hydrogens is 150 g/mol. The highest BCUT2D eigenvalue weighted by Gasteiger charge is 1.88. The summed E-state index contributed by atoms with van der Waals surface area (Å²) in [6, 6.07) is 0. The van der Waals surface area contributed by atoms with Gasteiger partial charge >= 0.3 is 0 Å². The Hall–Kier alpha value is -0.890. The first-order valence-electron chi connectivity index (χ1n) is 4.18. The van der Waals surface area contributed by atoms with E-state index in [1.54, 1.807) is 18.5 Å². The number of allylic oxidation sites excluding steroid dienone is 1.